The first kappa shape index (κ1) is 15.8. The van der Waals surface area contributed by atoms with Crippen LogP contribution in [0.1, 0.15) is 0 Å². The van der Waals surface area contributed by atoms with Gasteiger partial charge in [0.2, 0.25) is 5.95 Å². The predicted molar refractivity (Wildman–Crippen MR) is 96.7 cm³/mol. The third kappa shape index (κ3) is 2.88. The van der Waals surface area contributed by atoms with Gasteiger partial charge in [-0.05, 0) is 35.4 Å². The average Bonchev–Trinajstić information content (AvgIpc) is 2.70. The fraction of sp³-hybridized carbons (Fsp3) is 0. The van der Waals surface area contributed by atoms with E-state index < -0.39 is 5.95 Å². The zero-order chi connectivity index (χ0) is 17.9. The Labute approximate surface area is 148 Å². The molecule has 6 heteroatoms. The van der Waals surface area contributed by atoms with E-state index in [0.29, 0.717) is 33.6 Å². The first-order valence-electron chi connectivity index (χ1n) is 7.94. The molecule has 0 aliphatic heterocycles. The number of pyridine rings is 2. The summed E-state index contributed by atoms with van der Waals surface area (Å²) in [5.74, 6) is -0.0889. The highest BCUT2D eigenvalue weighted by atomic mass is 19.1. The summed E-state index contributed by atoms with van der Waals surface area (Å²) in [4.78, 5) is 27.3. The van der Waals surface area contributed by atoms with Crippen molar-refractivity contribution in [1.82, 2.24) is 19.9 Å². The van der Waals surface area contributed by atoms with Crippen LogP contribution in [0, 0.1) is 5.95 Å². The lowest BCUT2D eigenvalue weighted by Crippen LogP contribution is -2.09. The second-order valence-corrected chi connectivity index (χ2v) is 5.59. The highest BCUT2D eigenvalue weighted by Crippen LogP contribution is 2.32. The normalized spacial score (nSPS) is 10.7. The number of H-pyrrole nitrogens is 1. The smallest absolute Gasteiger partial charge is 0.255 e. The van der Waals surface area contributed by atoms with Crippen LogP contribution in [0.2, 0.25) is 0 Å². The Kier molecular flexibility index (Phi) is 4.07. The quantitative estimate of drug-likeness (QED) is 0.575. The Hall–Kier alpha value is -3.67. The summed E-state index contributed by atoms with van der Waals surface area (Å²) in [6, 6.07) is 13.9. The summed E-state index contributed by atoms with van der Waals surface area (Å²) >= 11 is 0. The SMILES string of the molecule is O=c1[nH]cc(-c2ncccn2)cc1-c1ccccc1-c1cccnc1F. The van der Waals surface area contributed by atoms with Crippen LogP contribution in [0.3, 0.4) is 0 Å². The van der Waals surface area contributed by atoms with Crippen LogP contribution in [-0.4, -0.2) is 19.9 Å². The first-order chi connectivity index (χ1) is 12.7. The third-order valence-corrected chi connectivity index (χ3v) is 3.99. The topological polar surface area (TPSA) is 71.5 Å². The van der Waals surface area contributed by atoms with E-state index >= 15 is 0 Å². The highest BCUT2D eigenvalue weighted by molar-refractivity contribution is 5.84. The van der Waals surface area contributed by atoms with Crippen LogP contribution in [0.25, 0.3) is 33.6 Å². The number of rotatable bonds is 3. The van der Waals surface area contributed by atoms with E-state index in [0.717, 1.165) is 0 Å². The summed E-state index contributed by atoms with van der Waals surface area (Å²) < 4.78 is 14.2. The van der Waals surface area contributed by atoms with Crippen LogP contribution in [0.5, 0.6) is 0 Å². The lowest BCUT2D eigenvalue weighted by Gasteiger charge is -2.10. The Morgan fingerprint density at radius 1 is 0.769 bits per heavy atom. The Morgan fingerprint density at radius 2 is 1.42 bits per heavy atom. The number of aromatic nitrogens is 4. The van der Waals surface area contributed by atoms with Gasteiger partial charge in [0, 0.05) is 41.5 Å². The molecule has 0 radical (unpaired) electrons. The highest BCUT2D eigenvalue weighted by Gasteiger charge is 2.15. The van der Waals surface area contributed by atoms with Gasteiger partial charge in [0.25, 0.3) is 5.56 Å². The van der Waals surface area contributed by atoms with Gasteiger partial charge in [-0.15, -0.1) is 0 Å². The molecule has 0 spiro atoms. The minimum absolute atomic E-state index is 0.276. The van der Waals surface area contributed by atoms with E-state index in [-0.39, 0.29) is 5.56 Å². The van der Waals surface area contributed by atoms with Gasteiger partial charge in [-0.1, -0.05) is 24.3 Å². The molecule has 0 atom stereocenters. The molecular weight excluding hydrogens is 331 g/mol. The summed E-state index contributed by atoms with van der Waals surface area (Å²) in [5.41, 5.74) is 2.34. The summed E-state index contributed by atoms with van der Waals surface area (Å²) in [6.45, 7) is 0. The molecule has 0 fully saturated rings. The van der Waals surface area contributed by atoms with Crippen molar-refractivity contribution in [2.24, 2.45) is 0 Å². The van der Waals surface area contributed by atoms with Gasteiger partial charge < -0.3 is 4.98 Å². The Morgan fingerprint density at radius 3 is 2.15 bits per heavy atom. The van der Waals surface area contributed by atoms with E-state index in [9.17, 15) is 9.18 Å². The van der Waals surface area contributed by atoms with Crippen molar-refractivity contribution in [3.63, 3.8) is 0 Å². The van der Waals surface area contributed by atoms with Gasteiger partial charge in [-0.3, -0.25) is 4.79 Å². The van der Waals surface area contributed by atoms with Gasteiger partial charge in [0.1, 0.15) is 0 Å². The van der Waals surface area contributed by atoms with Gasteiger partial charge in [-0.25, -0.2) is 15.0 Å². The number of hydrogen-bond donors (Lipinski definition) is 1. The van der Waals surface area contributed by atoms with Crippen LogP contribution in [0.15, 0.2) is 78.1 Å². The molecule has 4 aromatic rings. The molecule has 3 aromatic heterocycles. The fourth-order valence-corrected chi connectivity index (χ4v) is 2.80. The van der Waals surface area contributed by atoms with Gasteiger partial charge in [0.15, 0.2) is 5.82 Å². The summed E-state index contributed by atoms with van der Waals surface area (Å²) in [5, 5.41) is 0. The van der Waals surface area contributed by atoms with Gasteiger partial charge in [-0.2, -0.15) is 4.39 Å². The van der Waals surface area contributed by atoms with Crippen LogP contribution in [-0.2, 0) is 0 Å². The molecule has 126 valence electrons. The van der Waals surface area contributed by atoms with Crippen molar-refractivity contribution in [3.05, 3.63) is 89.6 Å². The molecule has 0 unspecified atom stereocenters. The second kappa shape index (κ2) is 6.68. The number of nitrogens with one attached hydrogen (secondary N) is 1. The van der Waals surface area contributed by atoms with Crippen LogP contribution in [0.4, 0.5) is 4.39 Å². The molecule has 0 aliphatic rings. The number of benzene rings is 1. The van der Waals surface area contributed by atoms with E-state index in [4.69, 9.17) is 0 Å². The van der Waals surface area contributed by atoms with Gasteiger partial charge in [0.05, 0.1) is 0 Å². The second-order valence-electron chi connectivity index (χ2n) is 5.59. The van der Waals surface area contributed by atoms with Crippen molar-refractivity contribution in [3.8, 4) is 33.6 Å². The lowest BCUT2D eigenvalue weighted by molar-refractivity contribution is 0.587. The molecule has 4 rings (SSSR count). The Bertz CT molecular complexity index is 1130. The van der Waals surface area contributed by atoms with E-state index in [1.165, 1.54) is 6.20 Å². The average molecular weight is 344 g/mol. The van der Waals surface area contributed by atoms with Crippen molar-refractivity contribution in [2.75, 3.05) is 0 Å². The maximum absolute atomic E-state index is 14.2. The Balaban J connectivity index is 1.92. The van der Waals surface area contributed by atoms with Crippen LogP contribution < -0.4 is 5.56 Å². The molecule has 1 aromatic carbocycles. The molecule has 0 saturated carbocycles. The summed E-state index contributed by atoms with van der Waals surface area (Å²) in [6.07, 6.45) is 6.22. The van der Waals surface area contributed by atoms with Crippen molar-refractivity contribution in [2.45, 2.75) is 0 Å². The number of hydrogen-bond acceptors (Lipinski definition) is 4. The molecule has 0 bridgehead atoms. The van der Waals surface area contributed by atoms with Crippen molar-refractivity contribution >= 4 is 0 Å². The number of halogens is 1. The molecule has 26 heavy (non-hydrogen) atoms. The first-order valence-corrected chi connectivity index (χ1v) is 7.94. The van der Waals surface area contributed by atoms with Crippen molar-refractivity contribution < 1.29 is 4.39 Å². The van der Waals surface area contributed by atoms with Gasteiger partial charge >= 0.3 is 0 Å². The molecule has 3 heterocycles. The van der Waals surface area contributed by atoms with Crippen LogP contribution >= 0.6 is 0 Å². The third-order valence-electron chi connectivity index (χ3n) is 3.99. The molecule has 0 saturated heterocycles. The van der Waals surface area contributed by atoms with Crippen molar-refractivity contribution in [1.29, 1.82) is 0 Å². The minimum atomic E-state index is -0.584. The zero-order valence-corrected chi connectivity index (χ0v) is 13.6. The molecule has 5 nitrogen and oxygen atoms in total. The minimum Gasteiger partial charge on any atom is -0.328 e. The molecule has 0 amide bonds. The zero-order valence-electron chi connectivity index (χ0n) is 13.6. The standard InChI is InChI=1S/C20H13FN4O/c21-18-16(7-3-8-22-18)14-5-1-2-6-15(14)17-11-13(12-25-20(17)26)19-23-9-4-10-24-19/h1-12H,(H,25,26). The van der Waals surface area contributed by atoms with E-state index in [2.05, 4.69) is 19.9 Å². The fourth-order valence-electron chi connectivity index (χ4n) is 2.80. The maximum Gasteiger partial charge on any atom is 0.255 e. The number of nitrogens with zero attached hydrogens (tertiary/aromatic N) is 3. The summed E-state index contributed by atoms with van der Waals surface area (Å²) in [7, 11) is 0. The molecule has 0 aliphatic carbocycles. The molecular formula is C20H13FN4O. The maximum atomic E-state index is 14.2. The molecule has 1 N–H and O–H groups in total. The monoisotopic (exact) mass is 344 g/mol. The lowest BCUT2D eigenvalue weighted by atomic mass is 9.95. The van der Waals surface area contributed by atoms with E-state index in [1.807, 2.05) is 0 Å². The van der Waals surface area contributed by atoms with E-state index in [1.54, 1.807) is 67.1 Å². The number of aromatic amines is 1. The predicted octanol–water partition coefficient (Wildman–Crippen LogP) is 3.70. The largest absolute Gasteiger partial charge is 0.328 e.